The van der Waals surface area contributed by atoms with E-state index in [1.165, 1.54) is 44.2 Å². The summed E-state index contributed by atoms with van der Waals surface area (Å²) in [6, 6.07) is 12.2. The Kier molecular flexibility index (Phi) is 8.48. The van der Waals surface area contributed by atoms with E-state index in [0.29, 0.717) is 17.5 Å². The summed E-state index contributed by atoms with van der Waals surface area (Å²) in [5.41, 5.74) is 2.52. The predicted molar refractivity (Wildman–Crippen MR) is 134 cm³/mol. The third kappa shape index (κ3) is 6.18. The maximum Gasteiger partial charge on any atom is 0.337 e. The third-order valence-corrected chi connectivity index (χ3v) is 6.03. The molecule has 35 heavy (non-hydrogen) atoms. The number of methoxy groups -OCH3 is 2. The first kappa shape index (κ1) is 25.8. The van der Waals surface area contributed by atoms with Crippen LogP contribution in [-0.2, 0) is 20.8 Å². The van der Waals surface area contributed by atoms with E-state index in [4.69, 9.17) is 9.47 Å². The zero-order chi connectivity index (χ0) is 25.5. The number of thioether (sulfide) groups is 1. The fourth-order valence-electron chi connectivity index (χ4n) is 3.30. The van der Waals surface area contributed by atoms with Crippen molar-refractivity contribution < 1.29 is 23.9 Å². The molecule has 0 aliphatic carbocycles. The van der Waals surface area contributed by atoms with Gasteiger partial charge in [-0.2, -0.15) is 0 Å². The Morgan fingerprint density at radius 3 is 2.09 bits per heavy atom. The summed E-state index contributed by atoms with van der Waals surface area (Å²) in [5, 5.41) is 11.9. The van der Waals surface area contributed by atoms with Crippen molar-refractivity contribution in [3.05, 3.63) is 53.6 Å². The molecule has 10 nitrogen and oxygen atoms in total. The van der Waals surface area contributed by atoms with Gasteiger partial charge in [-0.25, -0.2) is 9.59 Å². The van der Waals surface area contributed by atoms with E-state index in [2.05, 4.69) is 15.5 Å². The Balaban J connectivity index is 1.73. The molecule has 1 heterocycles. The number of esters is 2. The summed E-state index contributed by atoms with van der Waals surface area (Å²) in [7, 11) is 6.42. The van der Waals surface area contributed by atoms with Gasteiger partial charge in [0.2, 0.25) is 5.91 Å². The number of hydrogen-bond acceptors (Lipinski definition) is 9. The maximum atomic E-state index is 12.6. The van der Waals surface area contributed by atoms with Crippen molar-refractivity contribution >= 4 is 41.0 Å². The highest BCUT2D eigenvalue weighted by Crippen LogP contribution is 2.26. The van der Waals surface area contributed by atoms with E-state index < -0.39 is 11.9 Å². The molecule has 0 spiro atoms. The Hall–Kier alpha value is -3.86. The second-order valence-corrected chi connectivity index (χ2v) is 8.55. The number of amides is 1. The maximum absolute atomic E-state index is 12.6. The van der Waals surface area contributed by atoms with Gasteiger partial charge in [-0.05, 0) is 49.4 Å². The normalized spacial score (nSPS) is 10.5. The molecule has 3 aromatic rings. The van der Waals surface area contributed by atoms with Crippen LogP contribution in [0.25, 0.3) is 11.4 Å². The van der Waals surface area contributed by atoms with Gasteiger partial charge in [0, 0.05) is 37.6 Å². The standard InChI is InChI=1S/C24H27N5O5S/c1-6-29-21(15-7-9-19(10-8-15)28(2)3)26-27-24(29)35-14-20(30)25-18-12-16(22(31)33-4)11-17(13-18)23(32)34-5/h7-13H,6,14H2,1-5H3,(H,25,30). The second-order valence-electron chi connectivity index (χ2n) is 7.61. The monoisotopic (exact) mass is 497 g/mol. The smallest absolute Gasteiger partial charge is 0.337 e. The Bertz CT molecular complexity index is 1190. The van der Waals surface area contributed by atoms with Crippen LogP contribution in [-0.4, -0.2) is 66.7 Å². The number of benzene rings is 2. The quantitative estimate of drug-likeness (QED) is 0.351. The lowest BCUT2D eigenvalue weighted by Crippen LogP contribution is -2.16. The van der Waals surface area contributed by atoms with Gasteiger partial charge in [-0.15, -0.1) is 10.2 Å². The summed E-state index contributed by atoms with van der Waals surface area (Å²) >= 11 is 1.24. The first-order chi connectivity index (χ1) is 16.8. The molecule has 1 N–H and O–H groups in total. The number of ether oxygens (including phenoxy) is 2. The summed E-state index contributed by atoms with van der Waals surface area (Å²) in [4.78, 5) is 38.6. The minimum absolute atomic E-state index is 0.0493. The topological polar surface area (TPSA) is 116 Å². The number of carbonyl (C=O) groups is 3. The van der Waals surface area contributed by atoms with E-state index in [-0.39, 0.29) is 28.5 Å². The molecule has 2 aromatic carbocycles. The molecule has 0 aliphatic heterocycles. The first-order valence-electron chi connectivity index (χ1n) is 10.7. The van der Waals surface area contributed by atoms with Crippen LogP contribution in [0, 0.1) is 0 Å². The minimum atomic E-state index is -0.636. The molecular formula is C24H27N5O5S. The van der Waals surface area contributed by atoms with Crippen molar-refractivity contribution in [3.8, 4) is 11.4 Å². The van der Waals surface area contributed by atoms with Gasteiger partial charge >= 0.3 is 11.9 Å². The molecule has 0 radical (unpaired) electrons. The van der Waals surface area contributed by atoms with E-state index in [1.54, 1.807) is 0 Å². The molecule has 3 rings (SSSR count). The third-order valence-electron chi connectivity index (χ3n) is 5.07. The van der Waals surface area contributed by atoms with Crippen LogP contribution in [0.4, 0.5) is 11.4 Å². The van der Waals surface area contributed by atoms with Crippen LogP contribution in [0.3, 0.4) is 0 Å². The zero-order valence-electron chi connectivity index (χ0n) is 20.2. The van der Waals surface area contributed by atoms with Gasteiger partial charge in [-0.3, -0.25) is 4.79 Å². The van der Waals surface area contributed by atoms with Crippen LogP contribution >= 0.6 is 11.8 Å². The molecule has 0 atom stereocenters. The minimum Gasteiger partial charge on any atom is -0.465 e. The van der Waals surface area contributed by atoms with E-state index >= 15 is 0 Å². The van der Waals surface area contributed by atoms with Gasteiger partial charge in [-0.1, -0.05) is 11.8 Å². The number of aromatic nitrogens is 3. The van der Waals surface area contributed by atoms with Crippen LogP contribution < -0.4 is 10.2 Å². The van der Waals surface area contributed by atoms with Crippen LogP contribution in [0.1, 0.15) is 27.6 Å². The molecule has 184 valence electrons. The van der Waals surface area contributed by atoms with Crippen LogP contribution in [0.2, 0.25) is 0 Å². The molecule has 1 aromatic heterocycles. The summed E-state index contributed by atoms with van der Waals surface area (Å²) < 4.78 is 11.4. The van der Waals surface area contributed by atoms with Crippen molar-refractivity contribution in [1.29, 1.82) is 0 Å². The van der Waals surface area contributed by atoms with E-state index in [9.17, 15) is 14.4 Å². The van der Waals surface area contributed by atoms with E-state index in [1.807, 2.05) is 54.8 Å². The summed E-state index contributed by atoms with van der Waals surface area (Å²) in [5.74, 6) is -0.844. The molecule has 0 unspecified atom stereocenters. The average Bonchev–Trinajstić information content (AvgIpc) is 3.29. The second kappa shape index (κ2) is 11.5. The van der Waals surface area contributed by atoms with Crippen molar-refractivity contribution in [1.82, 2.24) is 14.8 Å². The van der Waals surface area contributed by atoms with Crippen molar-refractivity contribution in [2.24, 2.45) is 0 Å². The van der Waals surface area contributed by atoms with Gasteiger partial charge in [0.15, 0.2) is 11.0 Å². The zero-order valence-corrected chi connectivity index (χ0v) is 21.0. The van der Waals surface area contributed by atoms with Crippen molar-refractivity contribution in [3.63, 3.8) is 0 Å². The number of rotatable bonds is 9. The van der Waals surface area contributed by atoms with Gasteiger partial charge in [0.25, 0.3) is 0 Å². The highest BCUT2D eigenvalue weighted by atomic mass is 32.2. The largest absolute Gasteiger partial charge is 0.465 e. The Morgan fingerprint density at radius 1 is 0.971 bits per heavy atom. The lowest BCUT2D eigenvalue weighted by atomic mass is 10.1. The van der Waals surface area contributed by atoms with Gasteiger partial charge < -0.3 is 24.3 Å². The highest BCUT2D eigenvalue weighted by Gasteiger charge is 2.17. The lowest BCUT2D eigenvalue weighted by Gasteiger charge is -2.13. The number of nitrogens with zero attached hydrogens (tertiary/aromatic N) is 4. The molecule has 0 saturated heterocycles. The molecule has 1 amide bonds. The molecule has 0 aliphatic rings. The Morgan fingerprint density at radius 2 is 1.57 bits per heavy atom. The van der Waals surface area contributed by atoms with Crippen LogP contribution in [0.15, 0.2) is 47.6 Å². The molecule has 11 heteroatoms. The summed E-state index contributed by atoms with van der Waals surface area (Å²) in [6.45, 7) is 2.61. The molecule has 0 saturated carbocycles. The number of carbonyl (C=O) groups excluding carboxylic acids is 3. The number of nitrogens with one attached hydrogen (secondary N) is 1. The summed E-state index contributed by atoms with van der Waals surface area (Å²) in [6.07, 6.45) is 0. The van der Waals surface area contributed by atoms with Crippen LogP contribution in [0.5, 0.6) is 0 Å². The molecule has 0 bridgehead atoms. The van der Waals surface area contributed by atoms with Crippen molar-refractivity contribution in [2.75, 3.05) is 44.3 Å². The fraction of sp³-hybridized carbons (Fsp3) is 0.292. The Labute approximate surface area is 207 Å². The highest BCUT2D eigenvalue weighted by molar-refractivity contribution is 7.99. The fourth-order valence-corrected chi connectivity index (χ4v) is 4.10. The average molecular weight is 498 g/mol. The van der Waals surface area contributed by atoms with Gasteiger partial charge in [0.1, 0.15) is 0 Å². The number of anilines is 2. The number of hydrogen-bond donors (Lipinski definition) is 1. The van der Waals surface area contributed by atoms with E-state index in [0.717, 1.165) is 11.3 Å². The van der Waals surface area contributed by atoms with Crippen molar-refractivity contribution in [2.45, 2.75) is 18.6 Å². The lowest BCUT2D eigenvalue weighted by molar-refractivity contribution is -0.113. The molecular weight excluding hydrogens is 470 g/mol. The molecule has 0 fully saturated rings. The SMILES string of the molecule is CCn1c(SCC(=O)Nc2cc(C(=O)OC)cc(C(=O)OC)c2)nnc1-c1ccc(N(C)C)cc1. The predicted octanol–water partition coefficient (Wildman–Crippen LogP) is 3.34. The van der Waals surface area contributed by atoms with Gasteiger partial charge in [0.05, 0.1) is 31.1 Å². The first-order valence-corrected chi connectivity index (χ1v) is 11.7.